The lowest BCUT2D eigenvalue weighted by molar-refractivity contribution is -0.00512. The van der Waals surface area contributed by atoms with Crippen LogP contribution >= 0.6 is 11.8 Å². The van der Waals surface area contributed by atoms with Crippen molar-refractivity contribution < 1.29 is 15.3 Å². The highest BCUT2D eigenvalue weighted by atomic mass is 32.2. The van der Waals surface area contributed by atoms with Crippen molar-refractivity contribution in [3.63, 3.8) is 0 Å². The molecule has 2 fully saturated rings. The molecule has 2 aromatic rings. The van der Waals surface area contributed by atoms with Crippen LogP contribution in [0, 0.1) is 5.92 Å². The van der Waals surface area contributed by atoms with Gasteiger partial charge in [0.2, 0.25) is 0 Å². The number of anilines is 1. The molecule has 2 saturated carbocycles. The van der Waals surface area contributed by atoms with Gasteiger partial charge in [0.1, 0.15) is 6.10 Å². The van der Waals surface area contributed by atoms with Crippen molar-refractivity contribution in [2.75, 3.05) is 17.7 Å². The molecule has 142 valence electrons. The molecule has 0 radical (unpaired) electrons. The number of hydrogen-bond donors (Lipinski definition) is 4. The average Bonchev–Trinajstić information content (AvgIpc) is 3.29. The Morgan fingerprint density at radius 3 is 2.69 bits per heavy atom. The van der Waals surface area contributed by atoms with E-state index in [-0.39, 0.29) is 12.5 Å². The van der Waals surface area contributed by atoms with E-state index >= 15 is 0 Å². The van der Waals surface area contributed by atoms with Crippen molar-refractivity contribution in [3.8, 4) is 0 Å². The van der Waals surface area contributed by atoms with Crippen molar-refractivity contribution in [1.29, 1.82) is 0 Å². The van der Waals surface area contributed by atoms with Crippen molar-refractivity contribution >= 4 is 28.7 Å². The molecule has 2 aromatic heterocycles. The first-order valence-corrected chi connectivity index (χ1v) is 10.1. The Labute approximate surface area is 155 Å². The smallest absolute Gasteiger partial charge is 0.191 e. The number of rotatable bonds is 7. The third-order valence-corrected chi connectivity index (χ3v) is 6.03. The van der Waals surface area contributed by atoms with Crippen LogP contribution in [0.4, 0.5) is 5.82 Å². The van der Waals surface area contributed by atoms with E-state index in [2.05, 4.69) is 32.5 Å². The molecule has 3 unspecified atom stereocenters. The molecule has 0 aliphatic heterocycles. The molecule has 0 spiro atoms. The number of aromatic nitrogens is 5. The van der Waals surface area contributed by atoms with Gasteiger partial charge in [-0.2, -0.15) is 0 Å². The minimum Gasteiger partial charge on any atom is -0.396 e. The summed E-state index contributed by atoms with van der Waals surface area (Å²) < 4.78 is 1.58. The maximum atomic E-state index is 10.4. The standard InChI is InChI=1S/C16H24N6O3S/c1-2-5-26-16-18-14(17-9-3-4-9)11-15(19-16)22(21-20-11)10-6-8(7-23)12(24)13(10)25/h8-10,12-13,23-25H,2-7H2,1H3,(H,17,18,19)/t8?,10?,12-,13?/m1/s1. The van der Waals surface area contributed by atoms with Crippen molar-refractivity contribution in [1.82, 2.24) is 25.0 Å². The summed E-state index contributed by atoms with van der Waals surface area (Å²) in [4.78, 5) is 9.21. The van der Waals surface area contributed by atoms with Crippen LogP contribution in [0.3, 0.4) is 0 Å². The van der Waals surface area contributed by atoms with E-state index in [1.807, 2.05) is 0 Å². The predicted molar refractivity (Wildman–Crippen MR) is 97.0 cm³/mol. The van der Waals surface area contributed by atoms with Gasteiger partial charge in [0.25, 0.3) is 0 Å². The Kier molecular flexibility index (Phi) is 5.00. The van der Waals surface area contributed by atoms with Gasteiger partial charge < -0.3 is 20.6 Å². The minimum absolute atomic E-state index is 0.178. The maximum Gasteiger partial charge on any atom is 0.191 e. The Bertz CT molecular complexity index is 783. The zero-order valence-corrected chi connectivity index (χ0v) is 15.4. The second-order valence-corrected chi connectivity index (χ2v) is 8.12. The Morgan fingerprint density at radius 1 is 1.23 bits per heavy atom. The highest BCUT2D eigenvalue weighted by molar-refractivity contribution is 7.99. The molecule has 0 saturated heterocycles. The van der Waals surface area contributed by atoms with Crippen LogP contribution in [-0.4, -0.2) is 70.9 Å². The van der Waals surface area contributed by atoms with E-state index in [0.717, 1.165) is 25.0 Å². The number of nitrogens with zero attached hydrogens (tertiary/aromatic N) is 5. The van der Waals surface area contributed by atoms with Crippen LogP contribution in [0.2, 0.25) is 0 Å². The van der Waals surface area contributed by atoms with E-state index in [4.69, 9.17) is 0 Å². The number of thioether (sulfide) groups is 1. The molecule has 4 atom stereocenters. The van der Waals surface area contributed by atoms with Gasteiger partial charge in [-0.05, 0) is 25.7 Å². The highest BCUT2D eigenvalue weighted by Crippen LogP contribution is 2.37. The average molecular weight is 380 g/mol. The quantitative estimate of drug-likeness (QED) is 0.402. The highest BCUT2D eigenvalue weighted by Gasteiger charge is 2.43. The molecule has 4 rings (SSSR count). The summed E-state index contributed by atoms with van der Waals surface area (Å²) in [6.07, 6.45) is 1.67. The lowest BCUT2D eigenvalue weighted by Crippen LogP contribution is -2.30. The third-order valence-electron chi connectivity index (χ3n) is 4.98. The predicted octanol–water partition coefficient (Wildman–Crippen LogP) is 0.573. The molecule has 0 bridgehead atoms. The first-order chi connectivity index (χ1) is 12.6. The first kappa shape index (κ1) is 17.9. The molecule has 9 nitrogen and oxygen atoms in total. The number of fused-ring (bicyclic) bond motifs is 1. The van der Waals surface area contributed by atoms with Gasteiger partial charge >= 0.3 is 0 Å². The maximum absolute atomic E-state index is 10.4. The zero-order valence-electron chi connectivity index (χ0n) is 14.6. The van der Waals surface area contributed by atoms with E-state index in [9.17, 15) is 15.3 Å². The van der Waals surface area contributed by atoms with Crippen molar-refractivity contribution in [2.24, 2.45) is 5.92 Å². The second-order valence-electron chi connectivity index (χ2n) is 7.05. The van der Waals surface area contributed by atoms with E-state index < -0.39 is 18.2 Å². The van der Waals surface area contributed by atoms with Gasteiger partial charge in [-0.3, -0.25) is 0 Å². The molecule has 26 heavy (non-hydrogen) atoms. The summed E-state index contributed by atoms with van der Waals surface area (Å²) in [5.41, 5.74) is 1.13. The van der Waals surface area contributed by atoms with Crippen molar-refractivity contribution in [2.45, 2.75) is 62.1 Å². The molecule has 10 heteroatoms. The van der Waals surface area contributed by atoms with Gasteiger partial charge in [-0.1, -0.05) is 23.9 Å². The lowest BCUT2D eigenvalue weighted by atomic mass is 10.1. The fourth-order valence-electron chi connectivity index (χ4n) is 3.34. The molecular weight excluding hydrogens is 356 g/mol. The molecule has 0 aromatic carbocycles. The molecule has 2 aliphatic rings. The van der Waals surface area contributed by atoms with Crippen LogP contribution in [0.25, 0.3) is 11.2 Å². The molecule has 2 heterocycles. The van der Waals surface area contributed by atoms with Crippen LogP contribution in [0.1, 0.15) is 38.6 Å². The molecule has 4 N–H and O–H groups in total. The van der Waals surface area contributed by atoms with Gasteiger partial charge in [0.15, 0.2) is 22.1 Å². The topological polar surface area (TPSA) is 129 Å². The Hall–Kier alpha value is -1.49. The van der Waals surface area contributed by atoms with Gasteiger partial charge in [-0.15, -0.1) is 5.10 Å². The second kappa shape index (κ2) is 7.26. The Balaban J connectivity index is 1.73. The monoisotopic (exact) mass is 380 g/mol. The molecule has 2 aliphatic carbocycles. The number of nitrogens with one attached hydrogen (secondary N) is 1. The summed E-state index contributed by atoms with van der Waals surface area (Å²) in [5.74, 6) is 1.20. The summed E-state index contributed by atoms with van der Waals surface area (Å²) >= 11 is 1.57. The van der Waals surface area contributed by atoms with Crippen LogP contribution in [-0.2, 0) is 0 Å². The summed E-state index contributed by atoms with van der Waals surface area (Å²) in [6, 6.07) is -0.0558. The van der Waals surface area contributed by atoms with Crippen LogP contribution in [0.5, 0.6) is 0 Å². The summed E-state index contributed by atoms with van der Waals surface area (Å²) in [6.45, 7) is 1.93. The van der Waals surface area contributed by atoms with Crippen molar-refractivity contribution in [3.05, 3.63) is 0 Å². The number of aliphatic hydroxyl groups excluding tert-OH is 3. The zero-order chi connectivity index (χ0) is 18.3. The lowest BCUT2D eigenvalue weighted by Gasteiger charge is -2.17. The van der Waals surface area contributed by atoms with Gasteiger partial charge in [0.05, 0.1) is 12.1 Å². The van der Waals surface area contributed by atoms with Crippen LogP contribution < -0.4 is 5.32 Å². The van der Waals surface area contributed by atoms with E-state index in [1.165, 1.54) is 0 Å². The largest absolute Gasteiger partial charge is 0.396 e. The summed E-state index contributed by atoms with van der Waals surface area (Å²) in [5, 5.41) is 42.4. The normalized spacial score (nSPS) is 28.8. The molecular formula is C16H24N6O3S. The van der Waals surface area contributed by atoms with Crippen LogP contribution in [0.15, 0.2) is 5.16 Å². The summed E-state index contributed by atoms with van der Waals surface area (Å²) in [7, 11) is 0. The fraction of sp³-hybridized carbons (Fsp3) is 0.750. The SMILES string of the molecule is CCCSc1nc(NC2CC2)c2nnn(C3CC(CO)[C@@H](O)C3O)c2n1. The van der Waals surface area contributed by atoms with Gasteiger partial charge in [0, 0.05) is 24.3 Å². The number of aliphatic hydroxyl groups is 3. The van der Waals surface area contributed by atoms with E-state index in [0.29, 0.717) is 34.6 Å². The van der Waals surface area contributed by atoms with E-state index in [1.54, 1.807) is 16.4 Å². The molecule has 0 amide bonds. The van der Waals surface area contributed by atoms with Gasteiger partial charge in [-0.25, -0.2) is 14.6 Å². The minimum atomic E-state index is -1.02. The first-order valence-electron chi connectivity index (χ1n) is 9.11. The third kappa shape index (κ3) is 3.26. The Morgan fingerprint density at radius 2 is 2.04 bits per heavy atom. The number of hydrogen-bond acceptors (Lipinski definition) is 9. The fourth-order valence-corrected chi connectivity index (χ4v) is 4.03.